The van der Waals surface area contributed by atoms with Gasteiger partial charge in [-0.05, 0) is 213 Å². The van der Waals surface area contributed by atoms with Crippen LogP contribution in [0.15, 0.2) is 298 Å². The van der Waals surface area contributed by atoms with Gasteiger partial charge in [-0.1, -0.05) is 126 Å². The lowest BCUT2D eigenvalue weighted by atomic mass is 9.99. The van der Waals surface area contributed by atoms with Gasteiger partial charge in [0.2, 0.25) is 39.9 Å². The van der Waals surface area contributed by atoms with Gasteiger partial charge in [-0.25, -0.2) is 27.4 Å². The summed E-state index contributed by atoms with van der Waals surface area (Å²) in [5, 5.41) is 0. The maximum atomic E-state index is 2.24. The van der Waals surface area contributed by atoms with Crippen LogP contribution in [0.4, 0.5) is 0 Å². The highest BCUT2D eigenvalue weighted by Crippen LogP contribution is 2.28. The van der Waals surface area contributed by atoms with Crippen LogP contribution in [0.5, 0.6) is 0 Å². The van der Waals surface area contributed by atoms with E-state index in [1.165, 1.54) is 157 Å². The highest BCUT2D eigenvalue weighted by Gasteiger charge is 2.19. The van der Waals surface area contributed by atoms with E-state index in [1.54, 1.807) is 0 Å². The summed E-state index contributed by atoms with van der Waals surface area (Å²) in [6.45, 7) is 30.1. The van der Waals surface area contributed by atoms with Crippen molar-refractivity contribution in [2.75, 3.05) is 0 Å². The number of pyridine rings is 7. The van der Waals surface area contributed by atoms with Gasteiger partial charge in [-0.3, -0.25) is 0 Å². The molecule has 14 aromatic rings. The van der Waals surface area contributed by atoms with Gasteiger partial charge in [-0.15, -0.1) is 0 Å². The van der Waals surface area contributed by atoms with Gasteiger partial charge in [0, 0.05) is 119 Å². The first-order valence-electron chi connectivity index (χ1n) is 36.5. The zero-order valence-electron chi connectivity index (χ0n) is 66.4. The molecular weight excluding hydrogens is 1280 g/mol. The summed E-state index contributed by atoms with van der Waals surface area (Å²) in [4.78, 5) is 0. The number of hydrogen-bond donors (Lipinski definition) is 0. The summed E-state index contributed by atoms with van der Waals surface area (Å²) in [7, 11) is 14.6. The quantitative estimate of drug-likeness (QED) is 0.142. The van der Waals surface area contributed by atoms with Crippen LogP contribution < -0.4 is 32.0 Å². The fraction of sp³-hybridized carbons (Fsp3) is 0.214. The van der Waals surface area contributed by atoms with Crippen molar-refractivity contribution < 1.29 is 32.0 Å². The van der Waals surface area contributed by atoms with E-state index < -0.39 is 0 Å². The third kappa shape index (κ3) is 21.1. The lowest BCUT2D eigenvalue weighted by Crippen LogP contribution is -2.34. The number of benzene rings is 7. The third-order valence-corrected chi connectivity index (χ3v) is 19.5. The van der Waals surface area contributed by atoms with Gasteiger partial charge >= 0.3 is 0 Å². The maximum Gasteiger partial charge on any atom is 0.215 e. The molecule has 0 atom stereocenters. The Kier molecular flexibility index (Phi) is 28.8. The molecule has 0 aliphatic rings. The standard InChI is InChI=1S/7C14H16N/c2*1-11-7-6-8-12(2)14(11)13-9-4-5-10-15(13)3;2*1-11-7-4-5-9-13(11)14-12(2)8-6-10-15(14)3;1-11-7-4-5-9-13(11)14-10-6-8-12(2)15(14)3;2*1-11-7-8-12(2)13(10-11)14-6-4-5-9-15(14)3/h7*4-10H,1-3H3/q7*+1. The van der Waals surface area contributed by atoms with Crippen LogP contribution in [0.2, 0.25) is 0 Å². The van der Waals surface area contributed by atoms with Gasteiger partial charge in [0.05, 0.1) is 11.1 Å². The molecule has 0 fully saturated rings. The fourth-order valence-electron chi connectivity index (χ4n) is 13.4. The fourth-order valence-corrected chi connectivity index (χ4v) is 13.4. The highest BCUT2D eigenvalue weighted by atomic mass is 15.0. The van der Waals surface area contributed by atoms with Crippen molar-refractivity contribution in [3.05, 3.63) is 376 Å². The van der Waals surface area contributed by atoms with E-state index in [4.69, 9.17) is 0 Å². The molecule has 7 aromatic carbocycles. The molecule has 0 aliphatic carbocycles. The van der Waals surface area contributed by atoms with E-state index in [1.807, 2.05) is 0 Å². The summed E-state index contributed by atoms with van der Waals surface area (Å²) in [6.07, 6.45) is 12.5. The van der Waals surface area contributed by atoms with E-state index in [9.17, 15) is 0 Å². The molecule has 0 bridgehead atoms. The Balaban J connectivity index is 0.000000155. The van der Waals surface area contributed by atoms with Gasteiger partial charge in [-0.2, -0.15) is 4.57 Å². The van der Waals surface area contributed by atoms with E-state index >= 15 is 0 Å². The first-order chi connectivity index (χ1) is 50.4. The molecule has 7 heterocycles. The summed E-state index contributed by atoms with van der Waals surface area (Å²) < 4.78 is 15.2. The second kappa shape index (κ2) is 38.2. The topological polar surface area (TPSA) is 27.2 Å². The zero-order chi connectivity index (χ0) is 75.9. The monoisotopic (exact) mass is 1390 g/mol. The molecule has 0 saturated carbocycles. The Morgan fingerprint density at radius 1 is 0.181 bits per heavy atom. The van der Waals surface area contributed by atoms with Gasteiger partial charge < -0.3 is 0 Å². The van der Waals surface area contributed by atoms with Crippen LogP contribution in [0.1, 0.15) is 78.0 Å². The number of aromatic nitrogens is 7. The third-order valence-electron chi connectivity index (χ3n) is 19.5. The molecule has 0 amide bonds. The average Bonchev–Trinajstić information content (AvgIpc) is 0.854. The Morgan fingerprint density at radius 3 is 0.781 bits per heavy atom. The van der Waals surface area contributed by atoms with Crippen molar-refractivity contribution in [1.29, 1.82) is 0 Å². The molecule has 14 rings (SSSR count). The molecule has 7 nitrogen and oxygen atoms in total. The second-order valence-electron chi connectivity index (χ2n) is 27.8. The Bertz CT molecular complexity index is 4630. The number of aryl methyl sites for hydroxylation is 20. The average molecular weight is 1390 g/mol. The van der Waals surface area contributed by atoms with Crippen molar-refractivity contribution in [3.63, 3.8) is 0 Å². The summed E-state index contributed by atoms with van der Waals surface area (Å²) >= 11 is 0. The molecule has 0 unspecified atom stereocenters. The largest absolute Gasteiger partial charge is 0.215 e. The van der Waals surface area contributed by atoms with Crippen molar-refractivity contribution in [3.8, 4) is 78.8 Å². The number of hydrogen-bond acceptors (Lipinski definition) is 0. The van der Waals surface area contributed by atoms with Crippen molar-refractivity contribution in [2.24, 2.45) is 49.3 Å². The van der Waals surface area contributed by atoms with Crippen molar-refractivity contribution in [2.45, 2.75) is 96.9 Å². The van der Waals surface area contributed by atoms with Crippen LogP contribution in [0.3, 0.4) is 0 Å². The first-order valence-corrected chi connectivity index (χ1v) is 36.5. The molecule has 105 heavy (non-hydrogen) atoms. The predicted octanol–water partition coefficient (Wildman–Crippen LogP) is 19.6. The molecule has 0 spiro atoms. The van der Waals surface area contributed by atoms with Gasteiger partial charge in [0.25, 0.3) is 0 Å². The predicted molar refractivity (Wildman–Crippen MR) is 438 cm³/mol. The SMILES string of the molecule is Cc1ccc(C)c(-c2cccc[n+]2C)c1.Cc1ccc(C)c(-c2cccc[n+]2C)c1.Cc1cccc(C)c1-c1cccc[n+]1C.Cc1cccc(C)c1-c1cccc[n+]1C.Cc1ccccc1-c1c(C)ccc[n+]1C.Cc1ccccc1-c1c(C)ccc[n+]1C.Cc1ccccc1-c1cccc(C)[n+]1C. The zero-order valence-corrected chi connectivity index (χ0v) is 66.4. The lowest BCUT2D eigenvalue weighted by Gasteiger charge is -2.07. The molecule has 0 radical (unpaired) electrons. The van der Waals surface area contributed by atoms with Gasteiger partial charge in [0.15, 0.2) is 42.9 Å². The Labute approximate surface area is 629 Å². The lowest BCUT2D eigenvalue weighted by molar-refractivity contribution is -0.666. The van der Waals surface area contributed by atoms with Crippen LogP contribution in [-0.2, 0) is 49.3 Å². The molecule has 7 aromatic heterocycles. The van der Waals surface area contributed by atoms with Crippen LogP contribution >= 0.6 is 0 Å². The van der Waals surface area contributed by atoms with Crippen molar-refractivity contribution >= 4 is 0 Å². The molecule has 0 aliphatic heterocycles. The minimum atomic E-state index is 1.26. The van der Waals surface area contributed by atoms with E-state index in [-0.39, 0.29) is 0 Å². The summed E-state index contributed by atoms with van der Waals surface area (Å²) in [6, 6.07) is 91.5. The maximum absolute atomic E-state index is 2.24. The number of rotatable bonds is 7. The van der Waals surface area contributed by atoms with E-state index in [0.717, 1.165) is 0 Å². The summed E-state index contributed by atoms with van der Waals surface area (Å²) in [5.41, 5.74) is 36.7. The molecular formula is C98H112N7+7. The Hall–Kier alpha value is -11.4. The van der Waals surface area contributed by atoms with Crippen molar-refractivity contribution in [1.82, 2.24) is 0 Å². The van der Waals surface area contributed by atoms with Crippen LogP contribution in [0, 0.1) is 96.9 Å². The van der Waals surface area contributed by atoms with E-state index in [0.29, 0.717) is 0 Å². The highest BCUT2D eigenvalue weighted by molar-refractivity contribution is 5.68. The molecule has 7 heteroatoms. The summed E-state index contributed by atoms with van der Waals surface area (Å²) in [5.74, 6) is 0. The normalized spacial score (nSPS) is 10.3. The van der Waals surface area contributed by atoms with Crippen LogP contribution in [-0.4, -0.2) is 0 Å². The first kappa shape index (κ1) is 79.3. The minimum absolute atomic E-state index is 1.26. The van der Waals surface area contributed by atoms with E-state index in [2.05, 4.69) is 476 Å². The molecule has 0 N–H and O–H groups in total. The van der Waals surface area contributed by atoms with Gasteiger partial charge in [0.1, 0.15) is 49.3 Å². The molecule has 532 valence electrons. The second-order valence-corrected chi connectivity index (χ2v) is 27.8. The Morgan fingerprint density at radius 2 is 0.448 bits per heavy atom. The number of nitrogens with zero attached hydrogens (tertiary/aromatic N) is 7. The minimum Gasteiger partial charge on any atom is -0.201 e. The molecule has 0 saturated heterocycles. The smallest absolute Gasteiger partial charge is 0.201 e. The van der Waals surface area contributed by atoms with Crippen LogP contribution in [0.25, 0.3) is 78.8 Å².